The van der Waals surface area contributed by atoms with E-state index in [4.69, 9.17) is 0 Å². The molecule has 0 heterocycles. The minimum Gasteiger partial charge on any atom is -0.310 e. The number of rotatable bonds is 8. The third-order valence-corrected chi connectivity index (χ3v) is 10.1. The summed E-state index contributed by atoms with van der Waals surface area (Å²) in [4.78, 5) is 2.35. The summed E-state index contributed by atoms with van der Waals surface area (Å²) in [6, 6.07) is 80.7. The van der Waals surface area contributed by atoms with Gasteiger partial charge < -0.3 is 4.90 Å². The fourth-order valence-corrected chi connectivity index (χ4v) is 7.61. The van der Waals surface area contributed by atoms with Crippen LogP contribution in [0.1, 0.15) is 0 Å². The number of para-hydroxylation sites is 1. The summed E-state index contributed by atoms with van der Waals surface area (Å²) in [6.45, 7) is 0. The van der Waals surface area contributed by atoms with Crippen LogP contribution in [0.15, 0.2) is 224 Å². The zero-order valence-electron chi connectivity index (χ0n) is 29.3. The van der Waals surface area contributed by atoms with Gasteiger partial charge in [-0.3, -0.25) is 0 Å². The molecule has 0 fully saturated rings. The van der Waals surface area contributed by atoms with Crippen molar-refractivity contribution in [3.63, 3.8) is 0 Å². The normalized spacial score (nSPS) is 11.0. The fraction of sp³-hybridized carbons (Fsp3) is 0. The van der Waals surface area contributed by atoms with E-state index >= 15 is 0 Å². The van der Waals surface area contributed by atoms with Crippen molar-refractivity contribution in [2.24, 2.45) is 0 Å². The van der Waals surface area contributed by atoms with E-state index in [1.807, 2.05) is 0 Å². The van der Waals surface area contributed by atoms with Crippen LogP contribution in [0, 0.1) is 0 Å². The predicted octanol–water partition coefficient (Wildman–Crippen LogP) is 14.6. The SMILES string of the molecule is c1ccc(-c2ccccc2-c2ccccc2-c2ccccc2-c2ccc(N(c3ccccc3)c3cccc(-c4cccc5ccccc45)c3)cc2)cc1. The first-order chi connectivity index (χ1) is 26.3. The molecule has 53 heavy (non-hydrogen) atoms. The molecule has 0 saturated heterocycles. The Hall–Kier alpha value is -6.96. The minimum atomic E-state index is 1.10. The molecular weight excluding hydrogens is 639 g/mol. The molecule has 9 rings (SSSR count). The molecule has 0 aliphatic carbocycles. The highest BCUT2D eigenvalue weighted by atomic mass is 15.1. The molecule has 0 aliphatic rings. The fourth-order valence-electron chi connectivity index (χ4n) is 7.61. The smallest absolute Gasteiger partial charge is 0.0467 e. The van der Waals surface area contributed by atoms with Crippen molar-refractivity contribution in [3.8, 4) is 55.6 Å². The molecule has 9 aromatic carbocycles. The Kier molecular flexibility index (Phi) is 8.66. The van der Waals surface area contributed by atoms with Gasteiger partial charge in [0.2, 0.25) is 0 Å². The van der Waals surface area contributed by atoms with E-state index in [0.717, 1.165) is 17.1 Å². The Balaban J connectivity index is 1.12. The van der Waals surface area contributed by atoms with Crippen LogP contribution in [0.25, 0.3) is 66.4 Å². The number of hydrogen-bond donors (Lipinski definition) is 0. The molecule has 250 valence electrons. The molecule has 0 saturated carbocycles. The molecule has 0 radical (unpaired) electrons. The van der Waals surface area contributed by atoms with Crippen LogP contribution >= 0.6 is 0 Å². The molecule has 0 bridgehead atoms. The standard InChI is InChI=1S/C52H37N/c1-3-17-38(18-4-1)46-26-9-11-28-49(46)51-30-13-14-31-52(51)50-29-12-10-27-47(50)40-33-35-43(36-34-40)53(42-22-5-2-6-23-42)44-24-15-21-41(37-44)48-32-16-20-39-19-7-8-25-45(39)48/h1-37H. The largest absolute Gasteiger partial charge is 0.310 e. The minimum absolute atomic E-state index is 1.10. The van der Waals surface area contributed by atoms with Crippen LogP contribution in [-0.2, 0) is 0 Å². The Labute approximate surface area is 311 Å². The number of nitrogens with zero attached hydrogens (tertiary/aromatic N) is 1. The first-order valence-corrected chi connectivity index (χ1v) is 18.2. The first-order valence-electron chi connectivity index (χ1n) is 18.2. The van der Waals surface area contributed by atoms with Gasteiger partial charge in [0.1, 0.15) is 0 Å². The van der Waals surface area contributed by atoms with Gasteiger partial charge >= 0.3 is 0 Å². The summed E-state index contributed by atoms with van der Waals surface area (Å²) in [5.74, 6) is 0. The van der Waals surface area contributed by atoms with Gasteiger partial charge in [0.25, 0.3) is 0 Å². The van der Waals surface area contributed by atoms with Gasteiger partial charge in [0.05, 0.1) is 0 Å². The van der Waals surface area contributed by atoms with Gasteiger partial charge in [-0.15, -0.1) is 0 Å². The highest BCUT2D eigenvalue weighted by molar-refractivity contribution is 5.98. The molecule has 0 aromatic heterocycles. The van der Waals surface area contributed by atoms with Crippen molar-refractivity contribution in [1.82, 2.24) is 0 Å². The molecule has 0 atom stereocenters. The average molecular weight is 676 g/mol. The molecule has 0 spiro atoms. The first kappa shape index (κ1) is 32.0. The van der Waals surface area contributed by atoms with Gasteiger partial charge in [0, 0.05) is 17.1 Å². The molecular formula is C52H37N. The zero-order valence-corrected chi connectivity index (χ0v) is 29.3. The Bertz CT molecular complexity index is 2650. The van der Waals surface area contributed by atoms with Gasteiger partial charge in [-0.2, -0.15) is 0 Å². The predicted molar refractivity (Wildman–Crippen MR) is 226 cm³/mol. The van der Waals surface area contributed by atoms with E-state index in [9.17, 15) is 0 Å². The van der Waals surface area contributed by atoms with Crippen molar-refractivity contribution in [3.05, 3.63) is 224 Å². The molecule has 0 amide bonds. The van der Waals surface area contributed by atoms with Gasteiger partial charge in [-0.25, -0.2) is 0 Å². The second-order valence-electron chi connectivity index (χ2n) is 13.3. The molecule has 0 unspecified atom stereocenters. The lowest BCUT2D eigenvalue weighted by Gasteiger charge is -2.26. The third-order valence-electron chi connectivity index (χ3n) is 10.1. The van der Waals surface area contributed by atoms with Crippen LogP contribution in [0.3, 0.4) is 0 Å². The summed E-state index contributed by atoms with van der Waals surface area (Å²) in [5, 5.41) is 2.50. The van der Waals surface area contributed by atoms with Crippen molar-refractivity contribution in [1.29, 1.82) is 0 Å². The van der Waals surface area contributed by atoms with Crippen LogP contribution in [-0.4, -0.2) is 0 Å². The van der Waals surface area contributed by atoms with Crippen molar-refractivity contribution < 1.29 is 0 Å². The van der Waals surface area contributed by atoms with E-state index in [1.165, 1.54) is 66.4 Å². The number of fused-ring (bicyclic) bond motifs is 1. The van der Waals surface area contributed by atoms with E-state index in [-0.39, 0.29) is 0 Å². The van der Waals surface area contributed by atoms with Crippen molar-refractivity contribution in [2.45, 2.75) is 0 Å². The zero-order chi connectivity index (χ0) is 35.4. The average Bonchev–Trinajstić information content (AvgIpc) is 3.25. The monoisotopic (exact) mass is 675 g/mol. The Morgan fingerprint density at radius 1 is 0.226 bits per heavy atom. The lowest BCUT2D eigenvalue weighted by molar-refractivity contribution is 1.28. The maximum atomic E-state index is 2.35. The lowest BCUT2D eigenvalue weighted by Crippen LogP contribution is -2.09. The summed E-state index contributed by atoms with van der Waals surface area (Å²) in [6.07, 6.45) is 0. The van der Waals surface area contributed by atoms with Crippen LogP contribution in [0.4, 0.5) is 17.1 Å². The summed E-state index contributed by atoms with van der Waals surface area (Å²) in [7, 11) is 0. The van der Waals surface area contributed by atoms with Gasteiger partial charge in [0.15, 0.2) is 0 Å². The van der Waals surface area contributed by atoms with Crippen molar-refractivity contribution >= 4 is 27.8 Å². The summed E-state index contributed by atoms with van der Waals surface area (Å²) in [5.41, 5.74) is 15.4. The Morgan fingerprint density at radius 2 is 0.623 bits per heavy atom. The maximum absolute atomic E-state index is 2.35. The van der Waals surface area contributed by atoms with Crippen LogP contribution in [0.2, 0.25) is 0 Å². The van der Waals surface area contributed by atoms with Crippen LogP contribution < -0.4 is 4.90 Å². The molecule has 0 N–H and O–H groups in total. The highest BCUT2D eigenvalue weighted by Crippen LogP contribution is 2.43. The summed E-state index contributed by atoms with van der Waals surface area (Å²) < 4.78 is 0. The van der Waals surface area contributed by atoms with Crippen molar-refractivity contribution in [2.75, 3.05) is 4.90 Å². The lowest BCUT2D eigenvalue weighted by atomic mass is 9.87. The number of benzene rings is 9. The van der Waals surface area contributed by atoms with E-state index < -0.39 is 0 Å². The molecule has 1 nitrogen and oxygen atoms in total. The Morgan fingerprint density at radius 3 is 1.26 bits per heavy atom. The molecule has 9 aromatic rings. The van der Waals surface area contributed by atoms with E-state index in [2.05, 4.69) is 229 Å². The van der Waals surface area contributed by atoms with E-state index in [1.54, 1.807) is 0 Å². The maximum Gasteiger partial charge on any atom is 0.0467 e. The second-order valence-corrected chi connectivity index (χ2v) is 13.3. The topological polar surface area (TPSA) is 3.24 Å². The van der Waals surface area contributed by atoms with Gasteiger partial charge in [-0.05, 0) is 103 Å². The van der Waals surface area contributed by atoms with E-state index in [0.29, 0.717) is 0 Å². The number of hydrogen-bond acceptors (Lipinski definition) is 1. The highest BCUT2D eigenvalue weighted by Gasteiger charge is 2.17. The number of anilines is 3. The van der Waals surface area contributed by atoms with Crippen LogP contribution in [0.5, 0.6) is 0 Å². The third kappa shape index (κ3) is 6.30. The molecule has 1 heteroatoms. The molecule has 0 aliphatic heterocycles. The quantitative estimate of drug-likeness (QED) is 0.155. The second kappa shape index (κ2) is 14.3. The van der Waals surface area contributed by atoms with Gasteiger partial charge in [-0.1, -0.05) is 188 Å². The summed E-state index contributed by atoms with van der Waals surface area (Å²) >= 11 is 0.